The molecule has 0 saturated heterocycles. The third-order valence-corrected chi connectivity index (χ3v) is 2.48. The molecule has 1 aliphatic carbocycles. The third kappa shape index (κ3) is 3.47. The molecule has 1 aromatic heterocycles. The van der Waals surface area contributed by atoms with E-state index in [1.165, 1.54) is 6.07 Å². The topological polar surface area (TPSA) is 48.1 Å². The highest BCUT2D eigenvalue weighted by Crippen LogP contribution is 2.30. The lowest BCUT2D eigenvalue weighted by atomic mass is 9.90. The van der Waals surface area contributed by atoms with E-state index in [-0.39, 0.29) is 30.4 Å². The molecular weight excluding hydrogens is 257 g/mol. The zero-order chi connectivity index (χ0) is 11.8. The van der Waals surface area contributed by atoms with Gasteiger partial charge < -0.3 is 10.5 Å². The second-order valence-corrected chi connectivity index (χ2v) is 3.85. The Morgan fingerprint density at radius 2 is 1.94 bits per heavy atom. The molecule has 0 atom stereocenters. The van der Waals surface area contributed by atoms with E-state index < -0.39 is 11.7 Å². The standard InChI is InChI=1S/C10H11F3N2O.ClH/c11-10(12,13)6-1-2-9(15-5-6)16-8-3-7(14)4-8;/h1-2,5,7-8H,3-4,14H2;1H/t7-,8-;. The Bertz CT molecular complexity index is 363. The zero-order valence-corrected chi connectivity index (χ0v) is 9.59. The molecule has 1 heterocycles. The van der Waals surface area contributed by atoms with Gasteiger partial charge in [0, 0.05) is 18.3 Å². The van der Waals surface area contributed by atoms with Crippen LogP contribution in [0.4, 0.5) is 13.2 Å². The van der Waals surface area contributed by atoms with Gasteiger partial charge in [0.15, 0.2) is 0 Å². The van der Waals surface area contributed by atoms with Crippen LogP contribution in [0.1, 0.15) is 18.4 Å². The van der Waals surface area contributed by atoms with Gasteiger partial charge in [-0.15, -0.1) is 12.4 Å². The maximum absolute atomic E-state index is 12.2. The molecule has 1 saturated carbocycles. The largest absolute Gasteiger partial charge is 0.474 e. The number of aromatic nitrogens is 1. The predicted molar refractivity (Wildman–Crippen MR) is 58.1 cm³/mol. The second-order valence-electron chi connectivity index (χ2n) is 3.85. The Labute approximate surface area is 103 Å². The summed E-state index contributed by atoms with van der Waals surface area (Å²) in [6.07, 6.45) is -2.15. The van der Waals surface area contributed by atoms with Crippen molar-refractivity contribution in [2.45, 2.75) is 31.2 Å². The minimum Gasteiger partial charge on any atom is -0.474 e. The van der Waals surface area contributed by atoms with Crippen LogP contribution < -0.4 is 10.5 Å². The Kier molecular flexibility index (Phi) is 4.21. The van der Waals surface area contributed by atoms with E-state index in [0.717, 1.165) is 25.1 Å². The van der Waals surface area contributed by atoms with Crippen molar-refractivity contribution in [2.24, 2.45) is 5.73 Å². The van der Waals surface area contributed by atoms with Crippen LogP contribution in [0.2, 0.25) is 0 Å². The first-order valence-electron chi connectivity index (χ1n) is 4.90. The van der Waals surface area contributed by atoms with Gasteiger partial charge in [-0.1, -0.05) is 0 Å². The monoisotopic (exact) mass is 268 g/mol. The number of nitrogens with two attached hydrogens (primary N) is 1. The fourth-order valence-electron chi connectivity index (χ4n) is 1.49. The lowest BCUT2D eigenvalue weighted by Gasteiger charge is -2.32. The predicted octanol–water partition coefficient (Wildman–Crippen LogP) is 2.39. The lowest BCUT2D eigenvalue weighted by molar-refractivity contribution is -0.137. The Morgan fingerprint density at radius 1 is 1.29 bits per heavy atom. The fraction of sp³-hybridized carbons (Fsp3) is 0.500. The fourth-order valence-corrected chi connectivity index (χ4v) is 1.49. The van der Waals surface area contributed by atoms with Gasteiger partial charge in [0.05, 0.1) is 5.56 Å². The van der Waals surface area contributed by atoms with E-state index in [2.05, 4.69) is 4.98 Å². The normalized spacial score (nSPS) is 23.5. The first kappa shape index (κ1) is 14.1. The molecule has 0 aliphatic heterocycles. The summed E-state index contributed by atoms with van der Waals surface area (Å²) < 4.78 is 42.0. The molecule has 0 aromatic carbocycles. The average molecular weight is 269 g/mol. The number of alkyl halides is 3. The van der Waals surface area contributed by atoms with Crippen molar-refractivity contribution >= 4 is 12.4 Å². The molecular formula is C10H12ClF3N2O. The van der Waals surface area contributed by atoms with Gasteiger partial charge in [-0.3, -0.25) is 0 Å². The number of nitrogens with zero attached hydrogens (tertiary/aromatic N) is 1. The molecule has 0 unspecified atom stereocenters. The van der Waals surface area contributed by atoms with Crippen molar-refractivity contribution in [3.63, 3.8) is 0 Å². The summed E-state index contributed by atoms with van der Waals surface area (Å²) in [4.78, 5) is 3.61. The average Bonchev–Trinajstić information content (AvgIpc) is 2.15. The van der Waals surface area contributed by atoms with Gasteiger partial charge in [0.25, 0.3) is 0 Å². The molecule has 0 bridgehead atoms. The van der Waals surface area contributed by atoms with Crippen LogP contribution in [0.3, 0.4) is 0 Å². The van der Waals surface area contributed by atoms with Gasteiger partial charge >= 0.3 is 6.18 Å². The highest BCUT2D eigenvalue weighted by atomic mass is 35.5. The minimum absolute atomic E-state index is 0. The summed E-state index contributed by atoms with van der Waals surface area (Å²) in [5.74, 6) is 0.213. The molecule has 1 aromatic rings. The van der Waals surface area contributed by atoms with Crippen LogP contribution in [-0.4, -0.2) is 17.1 Å². The maximum atomic E-state index is 12.2. The van der Waals surface area contributed by atoms with Crippen molar-refractivity contribution in [1.29, 1.82) is 0 Å². The van der Waals surface area contributed by atoms with Gasteiger partial charge in [-0.2, -0.15) is 13.2 Å². The zero-order valence-electron chi connectivity index (χ0n) is 8.78. The summed E-state index contributed by atoms with van der Waals surface area (Å²) in [5.41, 5.74) is 4.78. The Morgan fingerprint density at radius 3 is 2.35 bits per heavy atom. The molecule has 3 nitrogen and oxygen atoms in total. The van der Waals surface area contributed by atoms with Crippen LogP contribution in [0.15, 0.2) is 18.3 Å². The molecule has 7 heteroatoms. The van der Waals surface area contributed by atoms with Gasteiger partial charge in [-0.05, 0) is 18.9 Å². The number of ether oxygens (including phenoxy) is 1. The quantitative estimate of drug-likeness (QED) is 0.896. The number of hydrogen-bond acceptors (Lipinski definition) is 3. The molecule has 1 aliphatic rings. The van der Waals surface area contributed by atoms with Crippen LogP contribution in [0.25, 0.3) is 0 Å². The summed E-state index contributed by atoms with van der Waals surface area (Å²) >= 11 is 0. The van der Waals surface area contributed by atoms with Gasteiger partial charge in [-0.25, -0.2) is 4.98 Å². The number of hydrogen-bond donors (Lipinski definition) is 1. The van der Waals surface area contributed by atoms with Gasteiger partial charge in [0.1, 0.15) is 6.10 Å². The van der Waals surface area contributed by atoms with Crippen molar-refractivity contribution in [3.8, 4) is 5.88 Å². The molecule has 0 radical (unpaired) electrons. The second kappa shape index (κ2) is 5.10. The van der Waals surface area contributed by atoms with Crippen LogP contribution in [0.5, 0.6) is 5.88 Å². The van der Waals surface area contributed by atoms with E-state index in [0.29, 0.717) is 0 Å². The molecule has 2 rings (SSSR count). The Hall–Kier alpha value is -1.01. The Balaban J connectivity index is 0.00000144. The van der Waals surface area contributed by atoms with Crippen LogP contribution >= 0.6 is 12.4 Å². The van der Waals surface area contributed by atoms with Crippen molar-refractivity contribution in [3.05, 3.63) is 23.9 Å². The van der Waals surface area contributed by atoms with E-state index in [1.807, 2.05) is 0 Å². The minimum atomic E-state index is -4.36. The third-order valence-electron chi connectivity index (χ3n) is 2.48. The molecule has 0 spiro atoms. The summed E-state index contributed by atoms with van der Waals surface area (Å²) in [6.45, 7) is 0. The van der Waals surface area contributed by atoms with Gasteiger partial charge in [0.2, 0.25) is 5.88 Å². The number of pyridine rings is 1. The summed E-state index contributed by atoms with van der Waals surface area (Å²) in [7, 11) is 0. The number of halogens is 4. The van der Waals surface area contributed by atoms with E-state index >= 15 is 0 Å². The first-order valence-corrected chi connectivity index (χ1v) is 4.90. The summed E-state index contributed by atoms with van der Waals surface area (Å²) in [6, 6.07) is 2.33. The number of rotatable bonds is 2. The smallest absolute Gasteiger partial charge is 0.417 e. The molecule has 1 fully saturated rings. The maximum Gasteiger partial charge on any atom is 0.417 e. The molecule has 2 N–H and O–H groups in total. The first-order chi connectivity index (χ1) is 7.45. The van der Waals surface area contributed by atoms with E-state index in [9.17, 15) is 13.2 Å². The SMILES string of the molecule is Cl.N[C@H]1C[C@H](Oc2ccc(C(F)(F)F)cn2)C1. The van der Waals surface area contributed by atoms with Crippen LogP contribution in [-0.2, 0) is 6.18 Å². The van der Waals surface area contributed by atoms with Crippen molar-refractivity contribution < 1.29 is 17.9 Å². The molecule has 96 valence electrons. The highest BCUT2D eigenvalue weighted by Gasteiger charge is 2.31. The van der Waals surface area contributed by atoms with Crippen molar-refractivity contribution in [2.75, 3.05) is 0 Å². The summed E-state index contributed by atoms with van der Waals surface area (Å²) in [5, 5.41) is 0. The molecule has 17 heavy (non-hydrogen) atoms. The van der Waals surface area contributed by atoms with Crippen molar-refractivity contribution in [1.82, 2.24) is 4.98 Å². The highest BCUT2D eigenvalue weighted by molar-refractivity contribution is 5.85. The van der Waals surface area contributed by atoms with Crippen LogP contribution in [0, 0.1) is 0 Å². The van der Waals surface area contributed by atoms with E-state index in [1.54, 1.807) is 0 Å². The lowest BCUT2D eigenvalue weighted by Crippen LogP contribution is -2.43. The van der Waals surface area contributed by atoms with E-state index in [4.69, 9.17) is 10.5 Å². The molecule has 0 amide bonds.